The lowest BCUT2D eigenvalue weighted by atomic mass is 9.86. The molecule has 0 radical (unpaired) electrons. The van der Waals surface area contributed by atoms with Crippen molar-refractivity contribution in [3.05, 3.63) is 86.8 Å². The fraction of sp³-hybridized carbons (Fsp3) is 0.172. The highest BCUT2D eigenvalue weighted by atomic mass is 32.1. The van der Waals surface area contributed by atoms with E-state index in [-0.39, 0.29) is 16.9 Å². The Labute approximate surface area is 222 Å². The molecule has 0 aliphatic heterocycles. The van der Waals surface area contributed by atoms with E-state index in [1.54, 1.807) is 23.9 Å². The number of carbonyl (C=O) groups excluding carboxylic acids is 1. The van der Waals surface area contributed by atoms with Crippen molar-refractivity contribution in [2.24, 2.45) is 7.05 Å². The Morgan fingerprint density at radius 1 is 0.974 bits per heavy atom. The number of H-pyrrole nitrogens is 2. The molecule has 0 unspecified atom stereocenters. The maximum Gasteiger partial charge on any atom is 0.276 e. The molecule has 0 saturated heterocycles. The molecule has 2 aromatic carbocycles. The van der Waals surface area contributed by atoms with Gasteiger partial charge in [-0.3, -0.25) is 14.3 Å². The molecule has 0 aliphatic rings. The maximum absolute atomic E-state index is 13.1. The number of aryl methyl sites for hydroxylation is 1. The second-order valence-corrected chi connectivity index (χ2v) is 11.1. The van der Waals surface area contributed by atoms with Crippen LogP contribution >= 0.6 is 11.3 Å². The van der Waals surface area contributed by atoms with Crippen molar-refractivity contribution >= 4 is 45.0 Å². The first-order valence-corrected chi connectivity index (χ1v) is 13.2. The van der Waals surface area contributed by atoms with Gasteiger partial charge in [0, 0.05) is 45.9 Å². The fourth-order valence-corrected chi connectivity index (χ4v) is 5.15. The van der Waals surface area contributed by atoms with Gasteiger partial charge in [0.25, 0.3) is 11.5 Å². The molecule has 6 aromatic rings. The number of nitrogens with zero attached hydrogens (tertiary/aromatic N) is 3. The van der Waals surface area contributed by atoms with E-state index in [4.69, 9.17) is 0 Å². The number of aromatic nitrogens is 5. The predicted octanol–water partition coefficient (Wildman–Crippen LogP) is 6.08. The first kappa shape index (κ1) is 23.9. The van der Waals surface area contributed by atoms with Crippen LogP contribution in [0.4, 0.5) is 5.82 Å². The molecule has 0 saturated carbocycles. The van der Waals surface area contributed by atoms with Crippen LogP contribution in [-0.2, 0) is 12.5 Å². The molecule has 1 amide bonds. The number of hydrogen-bond acceptors (Lipinski definition) is 5. The van der Waals surface area contributed by atoms with E-state index in [1.807, 2.05) is 29.0 Å². The van der Waals surface area contributed by atoms with Crippen LogP contribution < -0.4 is 10.9 Å². The van der Waals surface area contributed by atoms with Gasteiger partial charge in [0.05, 0.1) is 22.4 Å². The van der Waals surface area contributed by atoms with Gasteiger partial charge in [-0.1, -0.05) is 45.0 Å². The number of nitrogens with one attached hydrogen (secondary N) is 3. The summed E-state index contributed by atoms with van der Waals surface area (Å²) >= 11 is 1.49. The van der Waals surface area contributed by atoms with Crippen LogP contribution in [0.1, 0.15) is 36.7 Å². The highest BCUT2D eigenvalue weighted by molar-refractivity contribution is 7.09. The molecule has 4 heterocycles. The number of hydrogen-bond donors (Lipinski definition) is 3. The van der Waals surface area contributed by atoms with E-state index in [0.29, 0.717) is 22.8 Å². The first-order valence-electron chi connectivity index (χ1n) is 12.2. The fourth-order valence-electron chi connectivity index (χ4n) is 4.46. The maximum atomic E-state index is 13.1. The summed E-state index contributed by atoms with van der Waals surface area (Å²) in [5, 5.41) is 12.1. The van der Waals surface area contributed by atoms with E-state index in [0.717, 1.165) is 33.2 Å². The summed E-state index contributed by atoms with van der Waals surface area (Å²) in [6.07, 6.45) is 0. The minimum atomic E-state index is -0.263. The summed E-state index contributed by atoms with van der Waals surface area (Å²) in [7, 11) is 1.80. The van der Waals surface area contributed by atoms with E-state index >= 15 is 0 Å². The molecule has 0 fully saturated rings. The average Bonchev–Trinajstić information content (AvgIpc) is 3.60. The summed E-state index contributed by atoms with van der Waals surface area (Å²) in [6, 6.07) is 17.4. The van der Waals surface area contributed by atoms with Crippen LogP contribution in [0.2, 0.25) is 0 Å². The third-order valence-corrected chi connectivity index (χ3v) is 7.37. The van der Waals surface area contributed by atoms with Gasteiger partial charge in [0.1, 0.15) is 5.82 Å². The Morgan fingerprint density at radius 3 is 2.53 bits per heavy atom. The molecular weight excluding hydrogens is 496 g/mol. The number of benzene rings is 2. The van der Waals surface area contributed by atoms with Crippen LogP contribution in [-0.4, -0.2) is 30.6 Å². The van der Waals surface area contributed by atoms with Crippen molar-refractivity contribution in [2.75, 3.05) is 5.32 Å². The van der Waals surface area contributed by atoms with Gasteiger partial charge in [-0.15, -0.1) is 11.3 Å². The quantitative estimate of drug-likeness (QED) is 0.261. The Kier molecular flexibility index (Phi) is 5.53. The number of fused-ring (bicyclic) bond motifs is 2. The molecule has 38 heavy (non-hydrogen) atoms. The first-order chi connectivity index (χ1) is 18.2. The van der Waals surface area contributed by atoms with Crippen molar-refractivity contribution in [1.82, 2.24) is 24.7 Å². The molecule has 6 rings (SSSR count). The number of anilines is 1. The van der Waals surface area contributed by atoms with E-state index < -0.39 is 0 Å². The Balaban J connectivity index is 1.25. The molecular formula is C29H26N6O2S. The van der Waals surface area contributed by atoms with E-state index in [2.05, 4.69) is 70.4 Å². The summed E-state index contributed by atoms with van der Waals surface area (Å²) in [6.45, 7) is 6.55. The van der Waals surface area contributed by atoms with Gasteiger partial charge < -0.3 is 15.3 Å². The number of thiophene rings is 1. The van der Waals surface area contributed by atoms with Crippen LogP contribution in [0.5, 0.6) is 0 Å². The smallest absolute Gasteiger partial charge is 0.276 e. The molecule has 0 atom stereocenters. The molecule has 4 aromatic heterocycles. The van der Waals surface area contributed by atoms with Crippen LogP contribution in [0.25, 0.3) is 44.6 Å². The standard InChI is InChI=1S/C29H26N6O2S/c1-29(2,3)19-8-5-16(6-9-19)21-13-25(35(4)34-21)33-27(36)17-7-10-20-18(11-17)12-22(30-20)26-28(37)32-24-15-38-14-23(24)31-26/h5-15,30H,1-4H3,(H,32,37)(H,33,36). The van der Waals surface area contributed by atoms with E-state index in [9.17, 15) is 9.59 Å². The largest absolute Gasteiger partial charge is 0.353 e. The normalized spacial score (nSPS) is 11.9. The average molecular weight is 523 g/mol. The number of amides is 1. The summed E-state index contributed by atoms with van der Waals surface area (Å²) < 4.78 is 1.66. The highest BCUT2D eigenvalue weighted by Gasteiger charge is 2.17. The van der Waals surface area contributed by atoms with Crippen LogP contribution in [0.15, 0.2) is 70.2 Å². The number of carbonyl (C=O) groups is 1. The molecule has 3 N–H and O–H groups in total. The second-order valence-electron chi connectivity index (χ2n) is 10.4. The van der Waals surface area contributed by atoms with Gasteiger partial charge in [0.15, 0.2) is 5.69 Å². The third-order valence-electron chi connectivity index (χ3n) is 6.64. The summed E-state index contributed by atoms with van der Waals surface area (Å²) in [4.78, 5) is 36.3. The minimum absolute atomic E-state index is 0.0763. The van der Waals surface area contributed by atoms with Crippen molar-refractivity contribution in [1.29, 1.82) is 0 Å². The molecule has 0 aliphatic carbocycles. The van der Waals surface area contributed by atoms with Gasteiger partial charge >= 0.3 is 0 Å². The lowest BCUT2D eigenvalue weighted by Crippen LogP contribution is -2.14. The molecule has 190 valence electrons. The molecule has 9 heteroatoms. The molecule has 0 bridgehead atoms. The Hall–Kier alpha value is -4.50. The van der Waals surface area contributed by atoms with Crippen molar-refractivity contribution < 1.29 is 4.79 Å². The lowest BCUT2D eigenvalue weighted by Gasteiger charge is -2.18. The van der Waals surface area contributed by atoms with Crippen molar-refractivity contribution in [3.8, 4) is 22.6 Å². The number of aromatic amines is 2. The van der Waals surface area contributed by atoms with Gasteiger partial charge in [0.2, 0.25) is 0 Å². The summed E-state index contributed by atoms with van der Waals surface area (Å²) in [5.41, 5.74) is 6.52. The molecule has 0 spiro atoms. The van der Waals surface area contributed by atoms with Crippen molar-refractivity contribution in [3.63, 3.8) is 0 Å². The minimum Gasteiger partial charge on any atom is -0.353 e. The van der Waals surface area contributed by atoms with E-state index in [1.165, 1.54) is 16.9 Å². The van der Waals surface area contributed by atoms with Gasteiger partial charge in [-0.05, 0) is 35.2 Å². The second kappa shape index (κ2) is 8.81. The summed E-state index contributed by atoms with van der Waals surface area (Å²) in [5.74, 6) is 0.350. The zero-order valence-corrected chi connectivity index (χ0v) is 22.2. The monoisotopic (exact) mass is 522 g/mol. The Morgan fingerprint density at radius 2 is 1.76 bits per heavy atom. The van der Waals surface area contributed by atoms with Crippen LogP contribution in [0.3, 0.4) is 0 Å². The zero-order valence-electron chi connectivity index (χ0n) is 21.4. The predicted molar refractivity (Wildman–Crippen MR) is 153 cm³/mol. The van der Waals surface area contributed by atoms with Gasteiger partial charge in [-0.25, -0.2) is 4.98 Å². The SMILES string of the molecule is Cn1nc(-c2ccc(C(C)(C)C)cc2)cc1NC(=O)c1ccc2[nH]c(-c3nc4cscc4[nH]c3=O)cc2c1. The Bertz CT molecular complexity index is 1880. The highest BCUT2D eigenvalue weighted by Crippen LogP contribution is 2.28. The number of rotatable bonds is 4. The zero-order chi connectivity index (χ0) is 26.6. The topological polar surface area (TPSA) is 108 Å². The third kappa shape index (κ3) is 4.31. The van der Waals surface area contributed by atoms with Crippen molar-refractivity contribution in [2.45, 2.75) is 26.2 Å². The van der Waals surface area contributed by atoms with Gasteiger partial charge in [-0.2, -0.15) is 5.10 Å². The molecule has 8 nitrogen and oxygen atoms in total. The lowest BCUT2D eigenvalue weighted by molar-refractivity contribution is 0.102. The van der Waals surface area contributed by atoms with Crippen LogP contribution in [0, 0.1) is 0 Å².